The van der Waals surface area contributed by atoms with Crippen molar-refractivity contribution in [1.29, 1.82) is 0 Å². The summed E-state index contributed by atoms with van der Waals surface area (Å²) in [5, 5.41) is 9.15. The lowest BCUT2D eigenvalue weighted by atomic mass is 10.2. The van der Waals surface area contributed by atoms with Crippen LogP contribution in [0.3, 0.4) is 0 Å². The number of carbonyl (C=O) groups is 1. The lowest BCUT2D eigenvalue weighted by Crippen LogP contribution is -1.99. The van der Waals surface area contributed by atoms with Gasteiger partial charge in [-0.15, -0.1) is 0 Å². The van der Waals surface area contributed by atoms with Crippen LogP contribution in [-0.4, -0.2) is 17.9 Å². The molecule has 0 amide bonds. The molecule has 2 aromatic rings. The molecule has 0 bridgehead atoms. The number of carboxylic acids is 1. The van der Waals surface area contributed by atoms with Gasteiger partial charge in [0.15, 0.2) is 11.5 Å². The molecule has 0 unspecified atom stereocenters. The number of benzene rings is 2. The van der Waals surface area contributed by atoms with Gasteiger partial charge in [-0.25, -0.2) is 4.79 Å². The number of hydrogen-bond donors (Lipinski definition) is 1. The largest absolute Gasteiger partial charge is 0.478 e. The Balaban J connectivity index is 1.95. The number of aromatic carboxylic acids is 1. The van der Waals surface area contributed by atoms with Crippen molar-refractivity contribution in [3.8, 4) is 23.0 Å². The van der Waals surface area contributed by atoms with E-state index in [4.69, 9.17) is 19.3 Å². The van der Waals surface area contributed by atoms with Crippen molar-refractivity contribution in [2.45, 2.75) is 0 Å². The zero-order valence-corrected chi connectivity index (χ0v) is 11.7. The van der Waals surface area contributed by atoms with Gasteiger partial charge in [-0.1, -0.05) is 15.9 Å². The van der Waals surface area contributed by atoms with Crippen molar-refractivity contribution in [3.63, 3.8) is 0 Å². The van der Waals surface area contributed by atoms with Crippen LogP contribution in [-0.2, 0) is 0 Å². The van der Waals surface area contributed by atoms with Gasteiger partial charge >= 0.3 is 5.97 Å². The van der Waals surface area contributed by atoms with Gasteiger partial charge in [0.1, 0.15) is 17.1 Å². The molecule has 20 heavy (non-hydrogen) atoms. The van der Waals surface area contributed by atoms with Crippen molar-refractivity contribution in [1.82, 2.24) is 0 Å². The SMILES string of the molecule is O=C(O)c1ccc(Br)cc1Oc1ccc2c(c1)OCO2. The number of ether oxygens (including phenoxy) is 3. The zero-order valence-electron chi connectivity index (χ0n) is 10.1. The molecule has 0 fully saturated rings. The summed E-state index contributed by atoms with van der Waals surface area (Å²) in [6.45, 7) is 0.177. The molecule has 0 spiro atoms. The molecule has 0 aliphatic carbocycles. The third-order valence-electron chi connectivity index (χ3n) is 2.75. The van der Waals surface area contributed by atoms with Crippen LogP contribution in [0, 0.1) is 0 Å². The maximum atomic E-state index is 11.2. The fourth-order valence-corrected chi connectivity index (χ4v) is 2.16. The molecule has 1 aliphatic heterocycles. The van der Waals surface area contributed by atoms with E-state index in [2.05, 4.69) is 15.9 Å². The molecule has 0 saturated heterocycles. The van der Waals surface area contributed by atoms with Crippen LogP contribution in [0.15, 0.2) is 40.9 Å². The minimum absolute atomic E-state index is 0.0888. The molecule has 1 aliphatic rings. The highest BCUT2D eigenvalue weighted by Gasteiger charge is 2.16. The first-order chi connectivity index (χ1) is 9.63. The van der Waals surface area contributed by atoms with Crippen LogP contribution in [0.1, 0.15) is 10.4 Å². The Hall–Kier alpha value is -2.21. The molecule has 5 nitrogen and oxygen atoms in total. The summed E-state index contributed by atoms with van der Waals surface area (Å²) in [5.41, 5.74) is 0.0888. The molecule has 6 heteroatoms. The third kappa shape index (κ3) is 2.42. The molecule has 2 aromatic carbocycles. The van der Waals surface area contributed by atoms with Crippen molar-refractivity contribution in [2.24, 2.45) is 0 Å². The lowest BCUT2D eigenvalue weighted by molar-refractivity contribution is 0.0694. The first-order valence-electron chi connectivity index (χ1n) is 5.74. The van der Waals surface area contributed by atoms with Gasteiger partial charge in [-0.3, -0.25) is 0 Å². The number of hydrogen-bond acceptors (Lipinski definition) is 4. The minimum atomic E-state index is -1.05. The first-order valence-corrected chi connectivity index (χ1v) is 6.53. The Bertz CT molecular complexity index is 683. The molecule has 1 N–H and O–H groups in total. The van der Waals surface area contributed by atoms with Crippen LogP contribution in [0.4, 0.5) is 0 Å². The summed E-state index contributed by atoms with van der Waals surface area (Å²) < 4.78 is 16.8. The Morgan fingerprint density at radius 1 is 1.15 bits per heavy atom. The van der Waals surface area contributed by atoms with E-state index < -0.39 is 5.97 Å². The molecular formula is C14H9BrO5. The van der Waals surface area contributed by atoms with E-state index in [1.54, 1.807) is 30.3 Å². The van der Waals surface area contributed by atoms with Crippen LogP contribution in [0.2, 0.25) is 0 Å². The minimum Gasteiger partial charge on any atom is -0.478 e. The Morgan fingerprint density at radius 2 is 1.95 bits per heavy atom. The standard InChI is InChI=1S/C14H9BrO5/c15-8-1-3-10(14(16)17)12(5-8)20-9-2-4-11-13(6-9)19-7-18-11/h1-6H,7H2,(H,16,17). The Morgan fingerprint density at radius 3 is 2.75 bits per heavy atom. The summed E-state index contributed by atoms with van der Waals surface area (Å²) in [5.74, 6) is 0.910. The Labute approximate surface area is 122 Å². The Kier molecular flexibility index (Phi) is 3.23. The van der Waals surface area contributed by atoms with Gasteiger partial charge in [0.2, 0.25) is 6.79 Å². The average Bonchev–Trinajstić information content (AvgIpc) is 2.85. The third-order valence-corrected chi connectivity index (χ3v) is 3.24. The number of fused-ring (bicyclic) bond motifs is 1. The van der Waals surface area contributed by atoms with Gasteiger partial charge in [0, 0.05) is 10.5 Å². The molecule has 3 rings (SSSR count). The molecule has 1 heterocycles. The zero-order chi connectivity index (χ0) is 14.1. The van der Waals surface area contributed by atoms with Crippen molar-refractivity contribution < 1.29 is 24.1 Å². The predicted molar refractivity (Wildman–Crippen MR) is 73.7 cm³/mol. The second-order valence-electron chi connectivity index (χ2n) is 4.06. The highest BCUT2D eigenvalue weighted by Crippen LogP contribution is 2.37. The van der Waals surface area contributed by atoms with Crippen LogP contribution >= 0.6 is 15.9 Å². The maximum Gasteiger partial charge on any atom is 0.339 e. The topological polar surface area (TPSA) is 65.0 Å². The molecule has 102 valence electrons. The quantitative estimate of drug-likeness (QED) is 0.926. The van der Waals surface area contributed by atoms with Crippen LogP contribution in [0.25, 0.3) is 0 Å². The van der Waals surface area contributed by atoms with Gasteiger partial charge in [0.25, 0.3) is 0 Å². The summed E-state index contributed by atoms with van der Waals surface area (Å²) in [6, 6.07) is 9.81. The van der Waals surface area contributed by atoms with E-state index in [1.807, 2.05) is 0 Å². The molecule has 0 saturated carbocycles. The summed E-state index contributed by atoms with van der Waals surface area (Å²) in [6.07, 6.45) is 0. The van der Waals surface area contributed by atoms with E-state index in [-0.39, 0.29) is 18.1 Å². The fourth-order valence-electron chi connectivity index (χ4n) is 1.82. The van der Waals surface area contributed by atoms with E-state index in [1.165, 1.54) is 6.07 Å². The van der Waals surface area contributed by atoms with Crippen LogP contribution < -0.4 is 14.2 Å². The van der Waals surface area contributed by atoms with E-state index in [0.717, 1.165) is 4.47 Å². The van der Waals surface area contributed by atoms with E-state index >= 15 is 0 Å². The highest BCUT2D eigenvalue weighted by molar-refractivity contribution is 9.10. The maximum absolute atomic E-state index is 11.2. The van der Waals surface area contributed by atoms with E-state index in [0.29, 0.717) is 17.2 Å². The van der Waals surface area contributed by atoms with Crippen molar-refractivity contribution >= 4 is 21.9 Å². The van der Waals surface area contributed by atoms with Gasteiger partial charge < -0.3 is 19.3 Å². The van der Waals surface area contributed by atoms with Gasteiger partial charge in [0.05, 0.1) is 0 Å². The van der Waals surface area contributed by atoms with Crippen molar-refractivity contribution in [2.75, 3.05) is 6.79 Å². The first kappa shape index (κ1) is 12.8. The fraction of sp³-hybridized carbons (Fsp3) is 0.0714. The normalized spacial score (nSPS) is 12.2. The molecule has 0 atom stereocenters. The summed E-state index contributed by atoms with van der Waals surface area (Å²) in [4.78, 5) is 11.2. The molecule has 0 radical (unpaired) electrons. The highest BCUT2D eigenvalue weighted by atomic mass is 79.9. The second kappa shape index (κ2) is 5.05. The van der Waals surface area contributed by atoms with Crippen molar-refractivity contribution in [3.05, 3.63) is 46.4 Å². The van der Waals surface area contributed by atoms with Crippen LogP contribution in [0.5, 0.6) is 23.0 Å². The predicted octanol–water partition coefficient (Wildman–Crippen LogP) is 3.67. The smallest absolute Gasteiger partial charge is 0.339 e. The average molecular weight is 337 g/mol. The van der Waals surface area contributed by atoms with Gasteiger partial charge in [-0.05, 0) is 30.3 Å². The summed E-state index contributed by atoms with van der Waals surface area (Å²) >= 11 is 3.29. The number of rotatable bonds is 3. The molecular weight excluding hydrogens is 328 g/mol. The van der Waals surface area contributed by atoms with E-state index in [9.17, 15) is 4.79 Å². The number of halogens is 1. The second-order valence-corrected chi connectivity index (χ2v) is 4.98. The monoisotopic (exact) mass is 336 g/mol. The lowest BCUT2D eigenvalue weighted by Gasteiger charge is -2.09. The summed E-state index contributed by atoms with van der Waals surface area (Å²) in [7, 11) is 0. The van der Waals surface area contributed by atoms with Gasteiger partial charge in [-0.2, -0.15) is 0 Å². The molecule has 0 aromatic heterocycles. The number of carboxylic acid groups (broad SMARTS) is 1.